The Morgan fingerprint density at radius 3 is 2.64 bits per heavy atom. The van der Waals surface area contributed by atoms with Crippen LogP contribution in [0.1, 0.15) is 29.5 Å². The van der Waals surface area contributed by atoms with Crippen LogP contribution in [-0.2, 0) is 9.59 Å². The van der Waals surface area contributed by atoms with E-state index in [4.69, 9.17) is 14.2 Å². The van der Waals surface area contributed by atoms with E-state index in [0.29, 0.717) is 24.3 Å². The van der Waals surface area contributed by atoms with Crippen molar-refractivity contribution in [2.75, 3.05) is 20.3 Å². The molecule has 0 saturated carbocycles. The zero-order valence-electron chi connectivity index (χ0n) is 19.1. The van der Waals surface area contributed by atoms with Crippen LogP contribution in [0.3, 0.4) is 0 Å². The number of nitrogens with one attached hydrogen (secondary N) is 1. The van der Waals surface area contributed by atoms with E-state index in [1.807, 2.05) is 38.1 Å². The number of methoxy groups -OCH3 is 1. The molecule has 7 nitrogen and oxygen atoms in total. The first-order valence-corrected chi connectivity index (χ1v) is 10.5. The van der Waals surface area contributed by atoms with Gasteiger partial charge in [0.1, 0.15) is 17.4 Å². The zero-order chi connectivity index (χ0) is 24.2. The Kier molecular flexibility index (Phi) is 9.72. The molecule has 0 aromatic heterocycles. The minimum Gasteiger partial charge on any atom is -0.493 e. The topological polar surface area (TPSA) is 97.7 Å². The van der Waals surface area contributed by atoms with E-state index in [0.717, 1.165) is 16.9 Å². The summed E-state index contributed by atoms with van der Waals surface area (Å²) < 4.78 is 16.5. The van der Waals surface area contributed by atoms with Gasteiger partial charge in [0.25, 0.3) is 5.91 Å². The summed E-state index contributed by atoms with van der Waals surface area (Å²) in [6.45, 7) is 8.19. The second-order valence-corrected chi connectivity index (χ2v) is 7.20. The molecular formula is C26H28N2O5. The maximum atomic E-state index is 12.3. The number of rotatable bonds is 11. The minimum absolute atomic E-state index is 0.0625. The van der Waals surface area contributed by atoms with Crippen LogP contribution in [0.5, 0.6) is 17.2 Å². The molecule has 2 aromatic carbocycles. The standard InChI is InChI=1S/C26H28N2O5/c1-5-13-28-26(30)21(17-27)15-20-11-12-23(24(16-20)31-4)33-25(29)10-7-14-32-22-9-6-8-18(2)19(22)3/h5-6,8-9,11-12,15-16H,1,7,10,13-14H2,2-4H3,(H,28,30). The van der Waals surface area contributed by atoms with Crippen molar-refractivity contribution in [3.8, 4) is 23.3 Å². The van der Waals surface area contributed by atoms with Crippen LogP contribution in [0.4, 0.5) is 0 Å². The van der Waals surface area contributed by atoms with Gasteiger partial charge in [0.2, 0.25) is 0 Å². The summed E-state index contributed by atoms with van der Waals surface area (Å²) >= 11 is 0. The van der Waals surface area contributed by atoms with Crippen LogP contribution in [-0.4, -0.2) is 32.1 Å². The third-order valence-corrected chi connectivity index (χ3v) is 4.83. The number of carbonyl (C=O) groups excluding carboxylic acids is 2. The third kappa shape index (κ3) is 7.54. The highest BCUT2D eigenvalue weighted by atomic mass is 16.6. The monoisotopic (exact) mass is 448 g/mol. The van der Waals surface area contributed by atoms with E-state index < -0.39 is 11.9 Å². The Morgan fingerprint density at radius 1 is 1.15 bits per heavy atom. The van der Waals surface area contributed by atoms with Crippen molar-refractivity contribution in [1.82, 2.24) is 5.32 Å². The van der Waals surface area contributed by atoms with Crippen molar-refractivity contribution in [2.45, 2.75) is 26.7 Å². The van der Waals surface area contributed by atoms with E-state index in [-0.39, 0.29) is 24.3 Å². The molecule has 2 aromatic rings. The van der Waals surface area contributed by atoms with Crippen LogP contribution >= 0.6 is 0 Å². The SMILES string of the molecule is C=CCNC(=O)C(C#N)=Cc1ccc(OC(=O)CCCOc2cccc(C)c2C)c(OC)c1. The van der Waals surface area contributed by atoms with Gasteiger partial charge in [-0.1, -0.05) is 24.3 Å². The molecule has 0 bridgehead atoms. The molecule has 0 aliphatic heterocycles. The Balaban J connectivity index is 1.96. The van der Waals surface area contributed by atoms with Gasteiger partial charge in [-0.3, -0.25) is 9.59 Å². The molecule has 0 saturated heterocycles. The van der Waals surface area contributed by atoms with Crippen LogP contribution in [0, 0.1) is 25.2 Å². The first-order valence-electron chi connectivity index (χ1n) is 10.5. The summed E-state index contributed by atoms with van der Waals surface area (Å²) in [7, 11) is 1.44. The summed E-state index contributed by atoms with van der Waals surface area (Å²) in [6, 6.07) is 12.5. The summed E-state index contributed by atoms with van der Waals surface area (Å²) in [5.74, 6) is 0.457. The smallest absolute Gasteiger partial charge is 0.311 e. The second kappa shape index (κ2) is 12.7. The van der Waals surface area contributed by atoms with Crippen LogP contribution in [0.15, 0.2) is 54.6 Å². The molecule has 0 spiro atoms. The lowest BCUT2D eigenvalue weighted by Crippen LogP contribution is -2.24. The fourth-order valence-corrected chi connectivity index (χ4v) is 2.89. The Labute approximate surface area is 194 Å². The Morgan fingerprint density at radius 2 is 1.94 bits per heavy atom. The highest BCUT2D eigenvalue weighted by Gasteiger charge is 2.13. The molecule has 0 fully saturated rings. The van der Waals surface area contributed by atoms with Crippen molar-refractivity contribution in [2.24, 2.45) is 0 Å². The molecule has 0 unspecified atom stereocenters. The van der Waals surface area contributed by atoms with Gasteiger partial charge in [-0.05, 0) is 61.2 Å². The normalized spacial score (nSPS) is 10.7. The molecule has 0 aliphatic rings. The molecule has 0 radical (unpaired) electrons. The van der Waals surface area contributed by atoms with Gasteiger partial charge >= 0.3 is 5.97 Å². The lowest BCUT2D eigenvalue weighted by Gasteiger charge is -2.12. The van der Waals surface area contributed by atoms with Gasteiger partial charge in [-0.2, -0.15) is 5.26 Å². The molecular weight excluding hydrogens is 420 g/mol. The fraction of sp³-hybridized carbons (Fsp3) is 0.269. The van der Waals surface area contributed by atoms with E-state index in [1.54, 1.807) is 18.2 Å². The number of amides is 1. The van der Waals surface area contributed by atoms with Gasteiger partial charge in [0.15, 0.2) is 11.5 Å². The van der Waals surface area contributed by atoms with Gasteiger partial charge in [-0.15, -0.1) is 6.58 Å². The third-order valence-electron chi connectivity index (χ3n) is 4.83. The predicted molar refractivity (Wildman–Crippen MR) is 126 cm³/mol. The largest absolute Gasteiger partial charge is 0.493 e. The number of hydrogen-bond donors (Lipinski definition) is 1. The molecule has 33 heavy (non-hydrogen) atoms. The first-order chi connectivity index (χ1) is 15.9. The molecule has 0 atom stereocenters. The van der Waals surface area contributed by atoms with Crippen LogP contribution in [0.2, 0.25) is 0 Å². The second-order valence-electron chi connectivity index (χ2n) is 7.20. The van der Waals surface area contributed by atoms with Crippen molar-refractivity contribution in [3.05, 3.63) is 71.3 Å². The summed E-state index contributed by atoms with van der Waals surface area (Å²) in [5.41, 5.74) is 2.72. The molecule has 2 rings (SSSR count). The van der Waals surface area contributed by atoms with E-state index in [1.165, 1.54) is 19.3 Å². The number of benzene rings is 2. The molecule has 7 heteroatoms. The van der Waals surface area contributed by atoms with Gasteiger partial charge in [-0.25, -0.2) is 0 Å². The van der Waals surface area contributed by atoms with Crippen molar-refractivity contribution in [1.29, 1.82) is 5.26 Å². The number of nitrogens with zero attached hydrogens (tertiary/aromatic N) is 1. The number of carbonyl (C=O) groups is 2. The van der Waals surface area contributed by atoms with Crippen molar-refractivity contribution < 1.29 is 23.8 Å². The average Bonchev–Trinajstić information content (AvgIpc) is 2.81. The zero-order valence-corrected chi connectivity index (χ0v) is 19.1. The maximum Gasteiger partial charge on any atom is 0.311 e. The van der Waals surface area contributed by atoms with E-state index >= 15 is 0 Å². The molecule has 0 aliphatic carbocycles. The van der Waals surface area contributed by atoms with Crippen LogP contribution in [0.25, 0.3) is 6.08 Å². The fourth-order valence-electron chi connectivity index (χ4n) is 2.89. The van der Waals surface area contributed by atoms with Gasteiger partial charge in [0.05, 0.1) is 13.7 Å². The number of esters is 1. The van der Waals surface area contributed by atoms with Gasteiger partial charge < -0.3 is 19.5 Å². The number of ether oxygens (including phenoxy) is 3. The molecule has 1 amide bonds. The summed E-state index contributed by atoms with van der Waals surface area (Å²) in [4.78, 5) is 24.3. The Hall–Kier alpha value is -4.05. The molecule has 0 heterocycles. The number of aryl methyl sites for hydroxylation is 1. The van der Waals surface area contributed by atoms with Gasteiger partial charge in [0, 0.05) is 13.0 Å². The average molecular weight is 449 g/mol. The number of hydrogen-bond acceptors (Lipinski definition) is 6. The van der Waals surface area contributed by atoms with E-state index in [9.17, 15) is 14.9 Å². The molecule has 172 valence electrons. The molecule has 1 N–H and O–H groups in total. The van der Waals surface area contributed by atoms with Crippen molar-refractivity contribution in [3.63, 3.8) is 0 Å². The summed E-state index contributed by atoms with van der Waals surface area (Å²) in [5, 5.41) is 11.8. The lowest BCUT2D eigenvalue weighted by molar-refractivity contribution is -0.134. The predicted octanol–water partition coefficient (Wildman–Crippen LogP) is 4.29. The first kappa shape index (κ1) is 25.2. The maximum absolute atomic E-state index is 12.3. The number of nitriles is 1. The van der Waals surface area contributed by atoms with E-state index in [2.05, 4.69) is 11.9 Å². The lowest BCUT2D eigenvalue weighted by atomic mass is 10.1. The highest BCUT2D eigenvalue weighted by molar-refractivity contribution is 6.01. The summed E-state index contributed by atoms with van der Waals surface area (Å²) in [6.07, 6.45) is 3.63. The highest BCUT2D eigenvalue weighted by Crippen LogP contribution is 2.29. The minimum atomic E-state index is -0.505. The van der Waals surface area contributed by atoms with Crippen molar-refractivity contribution >= 4 is 18.0 Å². The van der Waals surface area contributed by atoms with Crippen LogP contribution < -0.4 is 19.5 Å². The Bertz CT molecular complexity index is 1080. The quantitative estimate of drug-likeness (QED) is 0.138.